The summed E-state index contributed by atoms with van der Waals surface area (Å²) >= 11 is 1.78. The standard InChI is InChI=1S/C37H21N7S/c1-4-16-28-22(10-1)23-11-2-5-17-29(23)43(28)36-40-33(27-13-7-19-31-32(27)26-12-3-6-18-30(26)45-31)41-37(42-36)44-34-24(14-8-20-38-34)25-15-9-21-39-35(25)44/h1-21H. The van der Waals surface area contributed by atoms with Gasteiger partial charge in [-0.2, -0.15) is 15.0 Å². The van der Waals surface area contributed by atoms with Crippen LogP contribution in [0.5, 0.6) is 0 Å². The molecule has 0 aliphatic carbocycles. The van der Waals surface area contributed by atoms with Gasteiger partial charge in [-0.25, -0.2) is 14.5 Å². The lowest BCUT2D eigenvalue weighted by Gasteiger charge is -2.12. The minimum atomic E-state index is 0.464. The van der Waals surface area contributed by atoms with E-state index in [-0.39, 0.29) is 0 Å². The molecule has 0 saturated heterocycles. The Labute approximate surface area is 259 Å². The monoisotopic (exact) mass is 595 g/mol. The summed E-state index contributed by atoms with van der Waals surface area (Å²) in [6.45, 7) is 0. The predicted octanol–water partition coefficient (Wildman–Crippen LogP) is 8.89. The summed E-state index contributed by atoms with van der Waals surface area (Å²) in [5.41, 5.74) is 4.50. The molecule has 45 heavy (non-hydrogen) atoms. The van der Waals surface area contributed by atoms with Gasteiger partial charge in [0.15, 0.2) is 5.82 Å². The molecule has 6 aromatic heterocycles. The number of fused-ring (bicyclic) bond motifs is 9. The molecule has 0 amide bonds. The minimum Gasteiger partial charge on any atom is -0.278 e. The van der Waals surface area contributed by atoms with Gasteiger partial charge in [0.25, 0.3) is 0 Å². The molecule has 6 heterocycles. The predicted molar refractivity (Wildman–Crippen MR) is 182 cm³/mol. The van der Waals surface area contributed by atoms with Crippen molar-refractivity contribution in [3.05, 3.63) is 128 Å². The third-order valence-electron chi connectivity index (χ3n) is 8.52. The fourth-order valence-corrected chi connectivity index (χ4v) is 7.77. The molecule has 0 radical (unpaired) electrons. The maximum absolute atomic E-state index is 5.24. The fourth-order valence-electron chi connectivity index (χ4n) is 6.63. The van der Waals surface area contributed by atoms with Crippen LogP contribution in [-0.4, -0.2) is 34.1 Å². The van der Waals surface area contributed by atoms with Crippen molar-refractivity contribution in [3.8, 4) is 23.3 Å². The van der Waals surface area contributed by atoms with Crippen LogP contribution >= 0.6 is 11.3 Å². The van der Waals surface area contributed by atoms with E-state index in [4.69, 9.17) is 24.9 Å². The average Bonchev–Trinajstić information content (AvgIpc) is 3.76. The van der Waals surface area contributed by atoms with Gasteiger partial charge in [-0.15, -0.1) is 11.3 Å². The second-order valence-corrected chi connectivity index (χ2v) is 12.1. The number of para-hydroxylation sites is 2. The van der Waals surface area contributed by atoms with Crippen LogP contribution in [0.15, 0.2) is 128 Å². The Morgan fingerprint density at radius 3 is 1.69 bits per heavy atom. The number of nitrogens with zero attached hydrogens (tertiary/aromatic N) is 7. The molecule has 0 atom stereocenters. The zero-order chi connectivity index (χ0) is 29.5. The molecule has 10 rings (SSSR count). The molecule has 4 aromatic carbocycles. The number of hydrogen-bond acceptors (Lipinski definition) is 6. The highest BCUT2D eigenvalue weighted by molar-refractivity contribution is 7.25. The van der Waals surface area contributed by atoms with E-state index in [2.05, 4.69) is 108 Å². The normalized spacial score (nSPS) is 12.0. The van der Waals surface area contributed by atoms with E-state index in [0.29, 0.717) is 17.7 Å². The lowest BCUT2D eigenvalue weighted by molar-refractivity contribution is 0.884. The van der Waals surface area contributed by atoms with Gasteiger partial charge in [0.05, 0.1) is 11.0 Å². The first-order valence-electron chi connectivity index (χ1n) is 14.7. The van der Waals surface area contributed by atoms with E-state index in [1.807, 2.05) is 16.7 Å². The van der Waals surface area contributed by atoms with Crippen molar-refractivity contribution >= 4 is 75.4 Å². The van der Waals surface area contributed by atoms with Crippen molar-refractivity contribution < 1.29 is 0 Å². The largest absolute Gasteiger partial charge is 0.278 e. The maximum Gasteiger partial charge on any atom is 0.242 e. The van der Waals surface area contributed by atoms with Gasteiger partial charge in [-0.3, -0.25) is 4.57 Å². The second-order valence-electron chi connectivity index (χ2n) is 11.0. The van der Waals surface area contributed by atoms with Crippen molar-refractivity contribution in [2.24, 2.45) is 0 Å². The van der Waals surface area contributed by atoms with Crippen LogP contribution in [0.1, 0.15) is 0 Å². The summed E-state index contributed by atoms with van der Waals surface area (Å²) in [5, 5.41) is 6.60. The zero-order valence-corrected chi connectivity index (χ0v) is 24.5. The third kappa shape index (κ3) is 3.48. The van der Waals surface area contributed by atoms with Crippen LogP contribution in [0.25, 0.3) is 87.3 Å². The van der Waals surface area contributed by atoms with Gasteiger partial charge in [0, 0.05) is 59.7 Å². The smallest absolute Gasteiger partial charge is 0.242 e. The topological polar surface area (TPSA) is 74.3 Å². The molecule has 7 nitrogen and oxygen atoms in total. The van der Waals surface area contributed by atoms with Crippen LogP contribution in [0.2, 0.25) is 0 Å². The summed E-state index contributed by atoms with van der Waals surface area (Å²) in [5.74, 6) is 1.59. The van der Waals surface area contributed by atoms with E-state index in [1.54, 1.807) is 23.7 Å². The molecule has 0 spiro atoms. The first kappa shape index (κ1) is 24.5. The molecule has 0 aliphatic heterocycles. The van der Waals surface area contributed by atoms with E-state index in [0.717, 1.165) is 54.8 Å². The quantitative estimate of drug-likeness (QED) is 0.204. The molecule has 0 unspecified atom stereocenters. The number of benzene rings is 4. The van der Waals surface area contributed by atoms with Crippen molar-refractivity contribution in [3.63, 3.8) is 0 Å². The summed E-state index contributed by atoms with van der Waals surface area (Å²) < 4.78 is 6.51. The second kappa shape index (κ2) is 9.25. The van der Waals surface area contributed by atoms with Gasteiger partial charge in [0.2, 0.25) is 11.9 Å². The van der Waals surface area contributed by atoms with Crippen molar-refractivity contribution in [1.82, 2.24) is 34.1 Å². The Morgan fingerprint density at radius 2 is 1.00 bits per heavy atom. The lowest BCUT2D eigenvalue weighted by atomic mass is 10.1. The summed E-state index contributed by atoms with van der Waals surface area (Å²) in [4.78, 5) is 25.2. The fraction of sp³-hybridized carbons (Fsp3) is 0. The Kier molecular flexibility index (Phi) is 5.03. The summed E-state index contributed by atoms with van der Waals surface area (Å²) in [7, 11) is 0. The Morgan fingerprint density at radius 1 is 0.444 bits per heavy atom. The van der Waals surface area contributed by atoms with Gasteiger partial charge in [-0.05, 0) is 48.5 Å². The molecule has 0 bridgehead atoms. The first-order valence-corrected chi connectivity index (χ1v) is 15.5. The zero-order valence-electron chi connectivity index (χ0n) is 23.7. The summed E-state index contributed by atoms with van der Waals surface area (Å²) in [6.07, 6.45) is 3.60. The molecular formula is C37H21N7S. The molecule has 0 N–H and O–H groups in total. The Balaban J connectivity index is 1.36. The highest BCUT2D eigenvalue weighted by atomic mass is 32.1. The van der Waals surface area contributed by atoms with Crippen molar-refractivity contribution in [2.45, 2.75) is 0 Å². The molecule has 10 aromatic rings. The number of rotatable bonds is 3. The number of aromatic nitrogens is 7. The Hall–Kier alpha value is -5.99. The van der Waals surface area contributed by atoms with Gasteiger partial charge in [0.1, 0.15) is 11.3 Å². The van der Waals surface area contributed by atoms with E-state index >= 15 is 0 Å². The molecular weight excluding hydrogens is 575 g/mol. The highest BCUT2D eigenvalue weighted by Crippen LogP contribution is 2.40. The van der Waals surface area contributed by atoms with Gasteiger partial charge < -0.3 is 0 Å². The third-order valence-corrected chi connectivity index (χ3v) is 9.66. The molecule has 210 valence electrons. The van der Waals surface area contributed by atoms with Gasteiger partial charge >= 0.3 is 0 Å². The number of hydrogen-bond donors (Lipinski definition) is 0. The van der Waals surface area contributed by atoms with E-state index < -0.39 is 0 Å². The number of pyridine rings is 2. The maximum atomic E-state index is 5.24. The highest BCUT2D eigenvalue weighted by Gasteiger charge is 2.22. The molecule has 8 heteroatoms. The van der Waals surface area contributed by atoms with Crippen molar-refractivity contribution in [1.29, 1.82) is 0 Å². The van der Waals surface area contributed by atoms with Crippen LogP contribution in [-0.2, 0) is 0 Å². The van der Waals surface area contributed by atoms with Gasteiger partial charge in [-0.1, -0.05) is 66.7 Å². The molecule has 0 fully saturated rings. The first-order chi connectivity index (χ1) is 22.3. The summed E-state index contributed by atoms with van der Waals surface area (Å²) in [6, 6.07) is 39.7. The van der Waals surface area contributed by atoms with Crippen LogP contribution in [0.3, 0.4) is 0 Å². The minimum absolute atomic E-state index is 0.464. The molecule has 0 saturated carbocycles. The number of thiophene rings is 1. The van der Waals surface area contributed by atoms with E-state index in [1.165, 1.54) is 14.8 Å². The van der Waals surface area contributed by atoms with Crippen LogP contribution in [0.4, 0.5) is 0 Å². The Bertz CT molecular complexity index is 2550. The SMILES string of the molecule is c1ccc2c(c1)sc1cccc(-c3nc(-n4c5ccccc5c5ccccc54)nc(-n4c5ncccc5c5cccnc54)n3)c12. The van der Waals surface area contributed by atoms with Crippen LogP contribution in [0, 0.1) is 0 Å². The van der Waals surface area contributed by atoms with Crippen molar-refractivity contribution in [2.75, 3.05) is 0 Å². The van der Waals surface area contributed by atoms with Crippen LogP contribution < -0.4 is 0 Å². The van der Waals surface area contributed by atoms with E-state index in [9.17, 15) is 0 Å². The molecule has 0 aliphatic rings. The lowest BCUT2D eigenvalue weighted by Crippen LogP contribution is -2.11. The average molecular weight is 596 g/mol.